The number of aromatic nitrogens is 4. The molecule has 126 valence electrons. The summed E-state index contributed by atoms with van der Waals surface area (Å²) in [7, 11) is 0. The zero-order valence-electron chi connectivity index (χ0n) is 13.7. The molecule has 7 nitrogen and oxygen atoms in total. The highest BCUT2D eigenvalue weighted by Gasteiger charge is 2.23. The molecule has 0 saturated heterocycles. The van der Waals surface area contributed by atoms with E-state index in [1.54, 1.807) is 6.20 Å². The number of aryl methyl sites for hydroxylation is 1. The lowest BCUT2D eigenvalue weighted by Crippen LogP contribution is -2.08. The highest BCUT2D eigenvalue weighted by Crippen LogP contribution is 2.34. The standard InChI is InChI=1S/C19H14N6O/c20-8-11-1-3-13-12(7-11)2-4-14(13)22-17-6-5-15-18(23-17)19(25-24-15)16-9-21-10-26-16/h1,3,5-7,9-10,14H,2,4H2,(H,22,23)(H,24,25). The number of fused-ring (bicyclic) bond motifs is 2. The molecule has 4 aromatic rings. The van der Waals surface area contributed by atoms with Crippen molar-refractivity contribution in [2.24, 2.45) is 0 Å². The van der Waals surface area contributed by atoms with Crippen molar-refractivity contribution in [2.45, 2.75) is 18.9 Å². The lowest BCUT2D eigenvalue weighted by molar-refractivity contribution is 0.570. The largest absolute Gasteiger partial charge is 0.442 e. The molecular weight excluding hydrogens is 328 g/mol. The van der Waals surface area contributed by atoms with Gasteiger partial charge in [0.05, 0.1) is 29.4 Å². The van der Waals surface area contributed by atoms with Gasteiger partial charge < -0.3 is 9.73 Å². The number of oxazole rings is 1. The monoisotopic (exact) mass is 342 g/mol. The molecular formula is C19H14N6O. The van der Waals surface area contributed by atoms with Crippen molar-refractivity contribution < 1.29 is 4.42 Å². The third-order valence-corrected chi connectivity index (χ3v) is 4.75. The van der Waals surface area contributed by atoms with Gasteiger partial charge in [0.2, 0.25) is 0 Å². The van der Waals surface area contributed by atoms with Gasteiger partial charge in [-0.25, -0.2) is 9.97 Å². The van der Waals surface area contributed by atoms with Crippen LogP contribution in [0, 0.1) is 11.3 Å². The van der Waals surface area contributed by atoms with Crippen LogP contribution in [0.2, 0.25) is 0 Å². The van der Waals surface area contributed by atoms with E-state index >= 15 is 0 Å². The SMILES string of the molecule is N#Cc1ccc2c(c1)CCC2Nc1ccc2[nH]nc(-c3cnco3)c2n1. The van der Waals surface area contributed by atoms with Crippen LogP contribution in [0.25, 0.3) is 22.5 Å². The van der Waals surface area contributed by atoms with Crippen molar-refractivity contribution in [1.82, 2.24) is 20.2 Å². The van der Waals surface area contributed by atoms with Gasteiger partial charge in [-0.2, -0.15) is 10.4 Å². The highest BCUT2D eigenvalue weighted by molar-refractivity contribution is 5.88. The molecule has 0 spiro atoms. The van der Waals surface area contributed by atoms with Crippen molar-refractivity contribution in [3.63, 3.8) is 0 Å². The lowest BCUT2D eigenvalue weighted by atomic mass is 10.1. The van der Waals surface area contributed by atoms with Crippen LogP contribution >= 0.6 is 0 Å². The Labute approximate surface area is 148 Å². The molecule has 1 unspecified atom stereocenters. The first-order valence-corrected chi connectivity index (χ1v) is 8.35. The van der Waals surface area contributed by atoms with Gasteiger partial charge in [-0.1, -0.05) is 6.07 Å². The Balaban J connectivity index is 1.48. The fraction of sp³-hybridized carbons (Fsp3) is 0.158. The Morgan fingerprint density at radius 1 is 1.27 bits per heavy atom. The summed E-state index contributed by atoms with van der Waals surface area (Å²) in [6.07, 6.45) is 4.93. The van der Waals surface area contributed by atoms with E-state index in [9.17, 15) is 0 Å². The molecule has 1 aromatic carbocycles. The maximum absolute atomic E-state index is 9.06. The Hall–Kier alpha value is -3.66. The first kappa shape index (κ1) is 14.7. The number of benzene rings is 1. The van der Waals surface area contributed by atoms with Crippen LogP contribution in [0.1, 0.15) is 29.2 Å². The Morgan fingerprint density at radius 2 is 2.23 bits per heavy atom. The maximum Gasteiger partial charge on any atom is 0.181 e. The van der Waals surface area contributed by atoms with E-state index in [4.69, 9.17) is 14.7 Å². The lowest BCUT2D eigenvalue weighted by Gasteiger charge is -2.15. The van der Waals surface area contributed by atoms with Gasteiger partial charge in [-0.15, -0.1) is 0 Å². The van der Waals surface area contributed by atoms with Crippen LogP contribution in [0.3, 0.4) is 0 Å². The molecule has 1 atom stereocenters. The molecule has 0 fully saturated rings. The second-order valence-electron chi connectivity index (χ2n) is 6.29. The van der Waals surface area contributed by atoms with Crippen molar-refractivity contribution >= 4 is 16.9 Å². The zero-order valence-corrected chi connectivity index (χ0v) is 13.7. The minimum absolute atomic E-state index is 0.184. The first-order chi connectivity index (χ1) is 12.8. The summed E-state index contributed by atoms with van der Waals surface area (Å²) >= 11 is 0. The van der Waals surface area contributed by atoms with Crippen LogP contribution in [0.4, 0.5) is 5.82 Å². The molecule has 2 N–H and O–H groups in total. The molecule has 7 heteroatoms. The summed E-state index contributed by atoms with van der Waals surface area (Å²) in [5.74, 6) is 1.36. The quantitative estimate of drug-likeness (QED) is 0.590. The predicted octanol–water partition coefficient (Wildman–Crippen LogP) is 3.58. The minimum atomic E-state index is 0.184. The van der Waals surface area contributed by atoms with Gasteiger partial charge >= 0.3 is 0 Å². The Kier molecular flexibility index (Phi) is 3.22. The number of hydrogen-bond acceptors (Lipinski definition) is 6. The number of nitrogens with one attached hydrogen (secondary N) is 2. The number of aromatic amines is 1. The summed E-state index contributed by atoms with van der Waals surface area (Å²) in [5.41, 5.74) is 5.39. The Bertz CT molecular complexity index is 1140. The molecule has 26 heavy (non-hydrogen) atoms. The third-order valence-electron chi connectivity index (χ3n) is 4.75. The van der Waals surface area contributed by atoms with Crippen molar-refractivity contribution in [3.05, 3.63) is 59.6 Å². The molecule has 0 radical (unpaired) electrons. The van der Waals surface area contributed by atoms with Crippen molar-refractivity contribution in [2.75, 3.05) is 5.32 Å². The Morgan fingerprint density at radius 3 is 3.08 bits per heavy atom. The molecule has 0 amide bonds. The van der Waals surface area contributed by atoms with Crippen LogP contribution < -0.4 is 5.32 Å². The van der Waals surface area contributed by atoms with E-state index in [2.05, 4.69) is 26.6 Å². The minimum Gasteiger partial charge on any atom is -0.442 e. The zero-order chi connectivity index (χ0) is 17.5. The number of nitriles is 1. The molecule has 0 saturated carbocycles. The first-order valence-electron chi connectivity index (χ1n) is 8.35. The van der Waals surface area contributed by atoms with E-state index in [1.807, 2.05) is 30.3 Å². The van der Waals surface area contributed by atoms with Crippen molar-refractivity contribution in [1.29, 1.82) is 5.26 Å². The highest BCUT2D eigenvalue weighted by atomic mass is 16.3. The molecule has 1 aliphatic carbocycles. The van der Waals surface area contributed by atoms with E-state index in [-0.39, 0.29) is 6.04 Å². The fourth-order valence-corrected chi connectivity index (χ4v) is 3.50. The van der Waals surface area contributed by atoms with E-state index in [1.165, 1.54) is 17.5 Å². The average Bonchev–Trinajstić information content (AvgIpc) is 3.40. The third kappa shape index (κ3) is 2.31. The summed E-state index contributed by atoms with van der Waals surface area (Å²) in [6.45, 7) is 0. The van der Waals surface area contributed by atoms with Gasteiger partial charge in [0.1, 0.15) is 11.3 Å². The number of hydrogen-bond donors (Lipinski definition) is 2. The summed E-state index contributed by atoms with van der Waals surface area (Å²) in [5, 5.41) is 19.8. The molecule has 1 aliphatic rings. The topological polar surface area (TPSA) is 103 Å². The van der Waals surface area contributed by atoms with Crippen LogP contribution in [0.5, 0.6) is 0 Å². The van der Waals surface area contributed by atoms with Crippen LogP contribution in [-0.2, 0) is 6.42 Å². The molecule has 3 heterocycles. The summed E-state index contributed by atoms with van der Waals surface area (Å²) in [6, 6.07) is 12.2. The second-order valence-corrected chi connectivity index (χ2v) is 6.29. The molecule has 5 rings (SSSR count). The van der Waals surface area contributed by atoms with Gasteiger partial charge in [0.25, 0.3) is 0 Å². The van der Waals surface area contributed by atoms with Gasteiger partial charge in [0, 0.05) is 0 Å². The second kappa shape index (κ2) is 5.70. The molecule has 3 aromatic heterocycles. The van der Waals surface area contributed by atoms with Gasteiger partial charge in [0.15, 0.2) is 17.8 Å². The maximum atomic E-state index is 9.06. The number of H-pyrrole nitrogens is 1. The average molecular weight is 342 g/mol. The molecule has 0 aliphatic heterocycles. The fourth-order valence-electron chi connectivity index (χ4n) is 3.50. The summed E-state index contributed by atoms with van der Waals surface area (Å²) < 4.78 is 5.35. The smallest absolute Gasteiger partial charge is 0.181 e. The van der Waals surface area contributed by atoms with E-state index < -0.39 is 0 Å². The van der Waals surface area contributed by atoms with Crippen molar-refractivity contribution in [3.8, 4) is 17.5 Å². The van der Waals surface area contributed by atoms with Crippen LogP contribution in [0.15, 0.2) is 47.3 Å². The van der Waals surface area contributed by atoms with Crippen LogP contribution in [-0.4, -0.2) is 20.2 Å². The number of anilines is 1. The normalized spacial score (nSPS) is 15.7. The number of nitrogens with zero attached hydrogens (tertiary/aromatic N) is 4. The number of pyridine rings is 1. The predicted molar refractivity (Wildman–Crippen MR) is 95.2 cm³/mol. The van der Waals surface area contributed by atoms with Gasteiger partial charge in [-0.05, 0) is 48.2 Å². The summed E-state index contributed by atoms with van der Waals surface area (Å²) in [4.78, 5) is 8.66. The van der Waals surface area contributed by atoms with Gasteiger partial charge in [-0.3, -0.25) is 5.10 Å². The van der Waals surface area contributed by atoms with E-state index in [0.717, 1.165) is 29.7 Å². The molecule has 0 bridgehead atoms. The van der Waals surface area contributed by atoms with E-state index in [0.29, 0.717) is 17.0 Å². The number of rotatable bonds is 3.